The van der Waals surface area contributed by atoms with E-state index in [0.717, 1.165) is 0 Å². The van der Waals surface area contributed by atoms with Gasteiger partial charge in [-0.3, -0.25) is 0 Å². The van der Waals surface area contributed by atoms with Gasteiger partial charge in [0.05, 0.1) is 43.5 Å². The Kier molecular flexibility index (Phi) is 8.54. The summed E-state index contributed by atoms with van der Waals surface area (Å²) in [7, 11) is 0. The molecule has 6 rings (SSSR count). The number of fused-ring (bicyclic) bond motifs is 2. The first kappa shape index (κ1) is 33.3. The molecule has 0 aliphatic rings. The summed E-state index contributed by atoms with van der Waals surface area (Å²) in [5, 5.41) is 47.2. The first-order chi connectivity index (χ1) is 24.0. The lowest BCUT2D eigenvalue weighted by Gasteiger charge is -2.28. The molecule has 0 saturated heterocycles. The zero-order valence-corrected chi connectivity index (χ0v) is 27.1. The number of aromatic hydroxyl groups is 4. The Balaban J connectivity index is 1.96. The van der Waals surface area contributed by atoms with E-state index in [-0.39, 0.29) is 43.2 Å². The standard InChI is InChI=1S/C38H30O12/c1-5-17-21(7-3)47-35(43)27(31(17)39)25(29-33(41)19-13-9-11-15-23(19)49-37(29)45)26(28-32(40)18(6-2)22(8-4)48-36(28)44)30-34(42)20-14-10-12-16-24(20)50-38(30)46/h5-16,25-26,39-42H,1-4H3/b17-5+,18-6+,21-7+,22-8+. The van der Waals surface area contributed by atoms with E-state index < -0.39 is 79.6 Å². The molecule has 4 aromatic heterocycles. The van der Waals surface area contributed by atoms with E-state index in [4.69, 9.17) is 17.7 Å². The molecular weight excluding hydrogens is 648 g/mol. The van der Waals surface area contributed by atoms with Gasteiger partial charge < -0.3 is 38.1 Å². The fourth-order valence-electron chi connectivity index (χ4n) is 6.47. The Morgan fingerprint density at radius 1 is 0.460 bits per heavy atom. The average Bonchev–Trinajstić information content (AvgIpc) is 3.09. The third-order valence-corrected chi connectivity index (χ3v) is 8.72. The summed E-state index contributed by atoms with van der Waals surface area (Å²) in [5.41, 5.74) is -8.03. The maximum atomic E-state index is 14.0. The molecule has 254 valence electrons. The average molecular weight is 679 g/mol. The highest BCUT2D eigenvalue weighted by atomic mass is 16.4. The number of rotatable bonds is 5. The van der Waals surface area contributed by atoms with Gasteiger partial charge in [0.2, 0.25) is 0 Å². The van der Waals surface area contributed by atoms with Crippen LogP contribution in [0.2, 0.25) is 0 Å². The van der Waals surface area contributed by atoms with Crippen molar-refractivity contribution in [2.75, 3.05) is 0 Å². The van der Waals surface area contributed by atoms with Gasteiger partial charge >= 0.3 is 22.5 Å². The second-order valence-electron chi connectivity index (χ2n) is 11.3. The Bertz CT molecular complexity index is 2660. The van der Waals surface area contributed by atoms with Crippen LogP contribution in [0.3, 0.4) is 0 Å². The van der Waals surface area contributed by atoms with Crippen LogP contribution in [0.15, 0.2) is 85.4 Å². The quantitative estimate of drug-likeness (QED) is 0.195. The van der Waals surface area contributed by atoms with Crippen molar-refractivity contribution >= 4 is 46.2 Å². The van der Waals surface area contributed by atoms with E-state index in [0.29, 0.717) is 0 Å². The molecule has 4 N–H and O–H groups in total. The highest BCUT2D eigenvalue weighted by Gasteiger charge is 2.44. The van der Waals surface area contributed by atoms with Crippen molar-refractivity contribution in [3.8, 4) is 23.0 Å². The zero-order chi connectivity index (χ0) is 36.0. The number of hydrogen-bond donors (Lipinski definition) is 4. The fourth-order valence-corrected chi connectivity index (χ4v) is 6.47. The van der Waals surface area contributed by atoms with E-state index in [1.807, 2.05) is 0 Å². The molecule has 0 spiro atoms. The molecule has 12 nitrogen and oxygen atoms in total. The van der Waals surface area contributed by atoms with Crippen LogP contribution in [0.5, 0.6) is 23.0 Å². The van der Waals surface area contributed by atoms with Gasteiger partial charge in [-0.1, -0.05) is 36.4 Å². The summed E-state index contributed by atoms with van der Waals surface area (Å²) in [6.45, 7) is 6.16. The minimum atomic E-state index is -2.08. The second-order valence-corrected chi connectivity index (χ2v) is 11.3. The highest BCUT2D eigenvalue weighted by molar-refractivity contribution is 5.86. The third kappa shape index (κ3) is 5.09. The van der Waals surface area contributed by atoms with Gasteiger partial charge in [0.15, 0.2) is 0 Å². The minimum Gasteiger partial charge on any atom is -0.507 e. The van der Waals surface area contributed by atoms with Crippen LogP contribution < -0.4 is 43.8 Å². The summed E-state index contributed by atoms with van der Waals surface area (Å²) < 4.78 is 22.3. The van der Waals surface area contributed by atoms with Crippen molar-refractivity contribution < 1.29 is 38.1 Å². The fraction of sp³-hybridized carbons (Fsp3) is 0.158. The van der Waals surface area contributed by atoms with Gasteiger partial charge in [-0.25, -0.2) is 19.2 Å². The number of hydrogen-bond acceptors (Lipinski definition) is 12. The van der Waals surface area contributed by atoms with Crippen LogP contribution in [-0.2, 0) is 0 Å². The Hall–Kier alpha value is -6.56. The van der Waals surface area contributed by atoms with Gasteiger partial charge in [-0.15, -0.1) is 0 Å². The lowest BCUT2D eigenvalue weighted by atomic mass is 9.73. The lowest BCUT2D eigenvalue weighted by molar-refractivity contribution is 0.376. The van der Waals surface area contributed by atoms with Crippen LogP contribution in [0.25, 0.3) is 46.2 Å². The molecule has 4 heterocycles. The number of para-hydroxylation sites is 2. The monoisotopic (exact) mass is 678 g/mol. The van der Waals surface area contributed by atoms with E-state index in [1.165, 1.54) is 74.5 Å². The van der Waals surface area contributed by atoms with E-state index >= 15 is 0 Å². The molecule has 0 radical (unpaired) electrons. The van der Waals surface area contributed by atoms with Crippen molar-refractivity contribution in [2.45, 2.75) is 39.5 Å². The van der Waals surface area contributed by atoms with Crippen LogP contribution in [0.4, 0.5) is 0 Å². The molecule has 0 aliphatic heterocycles. The molecule has 0 fully saturated rings. The molecule has 12 heteroatoms. The summed E-state index contributed by atoms with van der Waals surface area (Å²) in [4.78, 5) is 56.1. The molecule has 0 amide bonds. The molecule has 0 bridgehead atoms. The van der Waals surface area contributed by atoms with Gasteiger partial charge in [-0.2, -0.15) is 0 Å². The SMILES string of the molecule is C/C=c1/c(O)c(C(c2c(O)c3ccccc3oc2=O)C(c2c(O)c(=C/C)/c(=C\C)oc2=O)c2c(O)c3ccccc3oc2=O)c(=O)o/c1=C/C. The van der Waals surface area contributed by atoms with Crippen molar-refractivity contribution in [3.05, 3.63) is 134 Å². The highest BCUT2D eigenvalue weighted by Crippen LogP contribution is 2.48. The topological polar surface area (TPSA) is 202 Å². The molecule has 2 aromatic carbocycles. The van der Waals surface area contributed by atoms with Crippen LogP contribution >= 0.6 is 0 Å². The smallest absolute Gasteiger partial charge is 0.343 e. The Morgan fingerprint density at radius 3 is 1.12 bits per heavy atom. The van der Waals surface area contributed by atoms with Gasteiger partial charge in [0.25, 0.3) is 0 Å². The molecule has 0 saturated carbocycles. The summed E-state index contributed by atoms with van der Waals surface area (Å²) >= 11 is 0. The normalized spacial score (nSPS) is 14.6. The predicted octanol–water partition coefficient (Wildman–Crippen LogP) is 2.79. The molecule has 50 heavy (non-hydrogen) atoms. The summed E-state index contributed by atoms with van der Waals surface area (Å²) in [6, 6.07) is 11.8. The largest absolute Gasteiger partial charge is 0.507 e. The van der Waals surface area contributed by atoms with Crippen molar-refractivity contribution in [1.82, 2.24) is 0 Å². The third-order valence-electron chi connectivity index (χ3n) is 8.72. The van der Waals surface area contributed by atoms with Crippen LogP contribution in [0.1, 0.15) is 61.8 Å². The molecule has 6 aromatic rings. The van der Waals surface area contributed by atoms with Crippen molar-refractivity contribution in [1.29, 1.82) is 0 Å². The Morgan fingerprint density at radius 2 is 0.780 bits per heavy atom. The van der Waals surface area contributed by atoms with Crippen molar-refractivity contribution in [3.63, 3.8) is 0 Å². The first-order valence-corrected chi connectivity index (χ1v) is 15.5. The van der Waals surface area contributed by atoms with E-state index in [1.54, 1.807) is 26.0 Å². The summed E-state index contributed by atoms with van der Waals surface area (Å²) in [6.07, 6.45) is 5.63. The molecular formula is C38H30O12. The lowest BCUT2D eigenvalue weighted by Crippen LogP contribution is -2.38. The maximum absolute atomic E-state index is 14.0. The molecule has 2 unspecified atom stereocenters. The Labute approximate surface area is 280 Å². The van der Waals surface area contributed by atoms with E-state index in [9.17, 15) is 39.6 Å². The number of benzene rings is 2. The van der Waals surface area contributed by atoms with E-state index in [2.05, 4.69) is 0 Å². The van der Waals surface area contributed by atoms with Crippen molar-refractivity contribution in [2.24, 2.45) is 0 Å². The van der Waals surface area contributed by atoms with Gasteiger partial charge in [-0.05, 0) is 64.1 Å². The van der Waals surface area contributed by atoms with Gasteiger partial charge in [0.1, 0.15) is 45.0 Å². The summed E-state index contributed by atoms with van der Waals surface area (Å²) in [5.74, 6) is -7.13. The molecule has 2 atom stereocenters. The second kappa shape index (κ2) is 12.8. The molecule has 0 aliphatic carbocycles. The predicted molar refractivity (Wildman–Crippen MR) is 184 cm³/mol. The first-order valence-electron chi connectivity index (χ1n) is 15.5. The maximum Gasteiger partial charge on any atom is 0.343 e. The van der Waals surface area contributed by atoms with Gasteiger partial charge in [0, 0.05) is 11.8 Å². The van der Waals surface area contributed by atoms with Crippen LogP contribution in [0, 0.1) is 0 Å². The van der Waals surface area contributed by atoms with Crippen LogP contribution in [-0.4, -0.2) is 20.4 Å². The minimum absolute atomic E-state index is 0.0138. The zero-order valence-electron chi connectivity index (χ0n) is 27.1.